The van der Waals surface area contributed by atoms with Gasteiger partial charge in [0.25, 0.3) is 0 Å². The SMILES string of the molecule is CCOc1ccccc1C(=O)c1ccc(OCCO)cc1. The van der Waals surface area contributed by atoms with E-state index in [0.717, 1.165) is 0 Å². The van der Waals surface area contributed by atoms with Gasteiger partial charge in [-0.15, -0.1) is 0 Å². The highest BCUT2D eigenvalue weighted by Crippen LogP contribution is 2.22. The lowest BCUT2D eigenvalue weighted by atomic mass is 10.0. The minimum atomic E-state index is -0.0900. The van der Waals surface area contributed by atoms with E-state index in [-0.39, 0.29) is 19.0 Å². The van der Waals surface area contributed by atoms with Gasteiger partial charge in [0.1, 0.15) is 18.1 Å². The molecule has 0 amide bonds. The van der Waals surface area contributed by atoms with Gasteiger partial charge in [-0.2, -0.15) is 0 Å². The van der Waals surface area contributed by atoms with Crippen molar-refractivity contribution in [2.45, 2.75) is 6.92 Å². The summed E-state index contributed by atoms with van der Waals surface area (Å²) in [5.41, 5.74) is 1.11. The third kappa shape index (κ3) is 3.83. The van der Waals surface area contributed by atoms with E-state index < -0.39 is 0 Å². The number of hydrogen-bond acceptors (Lipinski definition) is 4. The summed E-state index contributed by atoms with van der Waals surface area (Å²) in [7, 11) is 0. The zero-order chi connectivity index (χ0) is 15.1. The Morgan fingerprint density at radius 3 is 2.43 bits per heavy atom. The van der Waals surface area contributed by atoms with Gasteiger partial charge in [-0.05, 0) is 43.3 Å². The molecule has 1 N–H and O–H groups in total. The predicted molar refractivity (Wildman–Crippen MR) is 80.1 cm³/mol. The van der Waals surface area contributed by atoms with Crippen LogP contribution in [0.2, 0.25) is 0 Å². The summed E-state index contributed by atoms with van der Waals surface area (Å²) in [6.07, 6.45) is 0. The summed E-state index contributed by atoms with van der Waals surface area (Å²) in [5, 5.41) is 8.71. The van der Waals surface area contributed by atoms with Crippen LogP contribution in [-0.4, -0.2) is 30.7 Å². The normalized spacial score (nSPS) is 10.2. The van der Waals surface area contributed by atoms with Gasteiger partial charge >= 0.3 is 0 Å². The Hall–Kier alpha value is -2.33. The van der Waals surface area contributed by atoms with Crippen LogP contribution in [0, 0.1) is 0 Å². The third-order valence-electron chi connectivity index (χ3n) is 2.91. The number of carbonyl (C=O) groups is 1. The summed E-state index contributed by atoms with van der Waals surface area (Å²) in [4.78, 5) is 12.5. The van der Waals surface area contributed by atoms with Gasteiger partial charge in [0.15, 0.2) is 5.78 Å². The number of carbonyl (C=O) groups excluding carboxylic acids is 1. The average molecular weight is 286 g/mol. The molecule has 2 aromatic rings. The first kappa shape index (κ1) is 15.1. The van der Waals surface area contributed by atoms with Gasteiger partial charge in [-0.25, -0.2) is 0 Å². The fraction of sp³-hybridized carbons (Fsp3) is 0.235. The number of ether oxygens (including phenoxy) is 2. The fourth-order valence-electron chi connectivity index (χ4n) is 1.96. The number of aliphatic hydroxyl groups excluding tert-OH is 1. The zero-order valence-electron chi connectivity index (χ0n) is 11.9. The van der Waals surface area contributed by atoms with Crippen LogP contribution in [0.1, 0.15) is 22.8 Å². The maximum absolute atomic E-state index is 12.5. The Bertz CT molecular complexity index is 590. The number of aliphatic hydroxyl groups is 1. The van der Waals surface area contributed by atoms with E-state index in [1.54, 1.807) is 36.4 Å². The van der Waals surface area contributed by atoms with Crippen LogP contribution in [0.4, 0.5) is 0 Å². The molecule has 0 bridgehead atoms. The number of benzene rings is 2. The van der Waals surface area contributed by atoms with Crippen molar-refractivity contribution in [1.29, 1.82) is 0 Å². The molecule has 2 aromatic carbocycles. The van der Waals surface area contributed by atoms with Gasteiger partial charge in [-0.3, -0.25) is 4.79 Å². The van der Waals surface area contributed by atoms with Crippen molar-refractivity contribution >= 4 is 5.78 Å². The highest BCUT2D eigenvalue weighted by molar-refractivity contribution is 6.10. The molecule has 0 aliphatic carbocycles. The second kappa shape index (κ2) is 7.45. The van der Waals surface area contributed by atoms with Crippen LogP contribution < -0.4 is 9.47 Å². The van der Waals surface area contributed by atoms with Crippen molar-refractivity contribution in [3.05, 3.63) is 59.7 Å². The van der Waals surface area contributed by atoms with Gasteiger partial charge in [-0.1, -0.05) is 12.1 Å². The van der Waals surface area contributed by atoms with E-state index in [0.29, 0.717) is 29.2 Å². The molecule has 0 aliphatic heterocycles. The molecule has 4 nitrogen and oxygen atoms in total. The van der Waals surface area contributed by atoms with E-state index >= 15 is 0 Å². The van der Waals surface area contributed by atoms with Gasteiger partial charge in [0, 0.05) is 5.56 Å². The monoisotopic (exact) mass is 286 g/mol. The van der Waals surface area contributed by atoms with Gasteiger partial charge in [0.05, 0.1) is 18.8 Å². The minimum absolute atomic E-state index is 0.0393. The molecular formula is C17H18O4. The van der Waals surface area contributed by atoms with Crippen molar-refractivity contribution < 1.29 is 19.4 Å². The summed E-state index contributed by atoms with van der Waals surface area (Å²) in [6, 6.07) is 14.0. The third-order valence-corrected chi connectivity index (χ3v) is 2.91. The molecule has 0 saturated heterocycles. The first-order valence-electron chi connectivity index (χ1n) is 6.86. The molecule has 0 radical (unpaired) electrons. The molecule has 110 valence electrons. The van der Waals surface area contributed by atoms with Crippen molar-refractivity contribution in [2.24, 2.45) is 0 Å². The summed E-state index contributed by atoms with van der Waals surface area (Å²) < 4.78 is 10.8. The van der Waals surface area contributed by atoms with Crippen LogP contribution in [0.3, 0.4) is 0 Å². The molecule has 2 rings (SSSR count). The first-order chi connectivity index (χ1) is 10.3. The summed E-state index contributed by atoms with van der Waals surface area (Å²) >= 11 is 0. The lowest BCUT2D eigenvalue weighted by molar-refractivity contribution is 0.103. The Balaban J connectivity index is 2.20. The topological polar surface area (TPSA) is 55.8 Å². The largest absolute Gasteiger partial charge is 0.493 e. The lowest BCUT2D eigenvalue weighted by Gasteiger charge is -2.09. The average Bonchev–Trinajstić information content (AvgIpc) is 2.53. The maximum Gasteiger partial charge on any atom is 0.196 e. The first-order valence-corrected chi connectivity index (χ1v) is 6.86. The van der Waals surface area contributed by atoms with E-state index in [1.807, 2.05) is 19.1 Å². The molecule has 0 aromatic heterocycles. The molecule has 0 heterocycles. The van der Waals surface area contributed by atoms with Crippen LogP contribution in [0.5, 0.6) is 11.5 Å². The molecule has 0 atom stereocenters. The van der Waals surface area contributed by atoms with Crippen molar-refractivity contribution in [1.82, 2.24) is 0 Å². The van der Waals surface area contributed by atoms with Gasteiger partial charge in [0.2, 0.25) is 0 Å². The number of para-hydroxylation sites is 1. The lowest BCUT2D eigenvalue weighted by Crippen LogP contribution is -2.06. The van der Waals surface area contributed by atoms with Crippen LogP contribution in [0.15, 0.2) is 48.5 Å². The smallest absolute Gasteiger partial charge is 0.196 e. The minimum Gasteiger partial charge on any atom is -0.493 e. The second-order valence-electron chi connectivity index (χ2n) is 4.35. The van der Waals surface area contributed by atoms with Crippen LogP contribution >= 0.6 is 0 Å². The van der Waals surface area contributed by atoms with Crippen molar-refractivity contribution in [2.75, 3.05) is 19.8 Å². The molecule has 0 fully saturated rings. The van der Waals surface area contributed by atoms with E-state index in [1.165, 1.54) is 0 Å². The number of ketones is 1. The molecular weight excluding hydrogens is 268 g/mol. The molecule has 21 heavy (non-hydrogen) atoms. The van der Waals surface area contributed by atoms with Gasteiger partial charge < -0.3 is 14.6 Å². The standard InChI is InChI=1S/C17H18O4/c1-2-20-16-6-4-3-5-15(16)17(19)13-7-9-14(10-8-13)21-12-11-18/h3-10,18H,2,11-12H2,1H3. The van der Waals surface area contributed by atoms with Crippen molar-refractivity contribution in [3.8, 4) is 11.5 Å². The highest BCUT2D eigenvalue weighted by atomic mass is 16.5. The zero-order valence-corrected chi connectivity index (χ0v) is 11.9. The quantitative estimate of drug-likeness (QED) is 0.795. The Morgan fingerprint density at radius 2 is 1.76 bits per heavy atom. The van der Waals surface area contributed by atoms with E-state index in [2.05, 4.69) is 0 Å². The molecule has 0 unspecified atom stereocenters. The van der Waals surface area contributed by atoms with E-state index in [4.69, 9.17) is 14.6 Å². The second-order valence-corrected chi connectivity index (χ2v) is 4.35. The number of hydrogen-bond donors (Lipinski definition) is 1. The molecule has 0 spiro atoms. The maximum atomic E-state index is 12.5. The number of rotatable bonds is 7. The molecule has 0 saturated carbocycles. The predicted octanol–water partition coefficient (Wildman–Crippen LogP) is 2.69. The summed E-state index contributed by atoms with van der Waals surface area (Å²) in [6.45, 7) is 2.59. The summed E-state index contributed by atoms with van der Waals surface area (Å²) in [5.74, 6) is 1.12. The molecule has 0 aliphatic rings. The highest BCUT2D eigenvalue weighted by Gasteiger charge is 2.14. The van der Waals surface area contributed by atoms with Crippen molar-refractivity contribution in [3.63, 3.8) is 0 Å². The van der Waals surface area contributed by atoms with E-state index in [9.17, 15) is 4.79 Å². The Kier molecular flexibility index (Phi) is 5.35. The molecule has 4 heteroatoms. The fourth-order valence-corrected chi connectivity index (χ4v) is 1.96. The van der Waals surface area contributed by atoms with Crippen LogP contribution in [0.25, 0.3) is 0 Å². The Morgan fingerprint density at radius 1 is 1.05 bits per heavy atom. The Labute approximate surface area is 123 Å². The van der Waals surface area contributed by atoms with Crippen LogP contribution in [-0.2, 0) is 0 Å².